The number of ketones is 1. The number of hydrogen-bond donors (Lipinski definition) is 1. The zero-order chi connectivity index (χ0) is 31.5. The number of imidazole rings is 1. The van der Waals surface area contributed by atoms with Gasteiger partial charge in [0.05, 0.1) is 29.3 Å². The van der Waals surface area contributed by atoms with Crippen molar-refractivity contribution in [3.05, 3.63) is 93.0 Å². The molecular weight excluding hydrogens is 638 g/mol. The summed E-state index contributed by atoms with van der Waals surface area (Å²) in [6, 6.07) is 16.3. The second-order valence-corrected chi connectivity index (χ2v) is 15.1. The maximum Gasteiger partial charge on any atom is 0.250 e. The van der Waals surface area contributed by atoms with Crippen LogP contribution in [0.1, 0.15) is 79.2 Å². The van der Waals surface area contributed by atoms with E-state index in [1.165, 1.54) is 0 Å². The largest absolute Gasteiger partial charge is 0.380 e. The summed E-state index contributed by atoms with van der Waals surface area (Å²) in [6.07, 6.45) is 3.40. The average molecular weight is 676 g/mol. The van der Waals surface area contributed by atoms with E-state index in [4.69, 9.17) is 32.9 Å². The van der Waals surface area contributed by atoms with Crippen molar-refractivity contribution < 1.29 is 18.7 Å². The number of Topliss-reactive ketones (excluding diaryl/α,β-unsaturated/α-hetero) is 1. The van der Waals surface area contributed by atoms with Gasteiger partial charge in [0.25, 0.3) is 0 Å². The van der Waals surface area contributed by atoms with E-state index in [0.29, 0.717) is 53.9 Å². The lowest BCUT2D eigenvalue weighted by molar-refractivity contribution is -0.128. The summed E-state index contributed by atoms with van der Waals surface area (Å²) in [5.41, 5.74) is 2.86. The molecule has 4 aromatic rings. The molecule has 5 heterocycles. The molecule has 10 heteroatoms. The summed E-state index contributed by atoms with van der Waals surface area (Å²) in [5.74, 6) is -0.255. The topological polar surface area (TPSA) is 76.5 Å². The Bertz CT molecular complexity index is 1970. The molecule has 1 aromatic heterocycles. The van der Waals surface area contributed by atoms with Gasteiger partial charge >= 0.3 is 0 Å². The van der Waals surface area contributed by atoms with E-state index >= 15 is 4.39 Å². The first-order valence-electron chi connectivity index (χ1n) is 16.1. The van der Waals surface area contributed by atoms with Crippen molar-refractivity contribution >= 4 is 51.6 Å². The third kappa shape index (κ3) is 4.48. The lowest BCUT2D eigenvalue weighted by atomic mass is 9.70. The van der Waals surface area contributed by atoms with Crippen LogP contribution in [0.5, 0.6) is 0 Å². The quantitative estimate of drug-likeness (QED) is 0.210. The third-order valence-corrected chi connectivity index (χ3v) is 11.6. The number of likely N-dealkylation sites (tertiary alicyclic amines) is 1. The first kappa shape index (κ1) is 31.0. The first-order chi connectivity index (χ1) is 22.2. The van der Waals surface area contributed by atoms with Crippen LogP contribution in [-0.4, -0.2) is 51.9 Å². The van der Waals surface area contributed by atoms with E-state index in [1.807, 2.05) is 30.3 Å². The van der Waals surface area contributed by atoms with E-state index in [0.717, 1.165) is 48.2 Å². The van der Waals surface area contributed by atoms with Crippen molar-refractivity contribution in [2.75, 3.05) is 25.1 Å². The van der Waals surface area contributed by atoms with Crippen LogP contribution in [0.2, 0.25) is 10.0 Å². The van der Waals surface area contributed by atoms with Crippen LogP contribution in [0, 0.1) is 17.2 Å². The molecule has 1 N–H and O–H groups in total. The van der Waals surface area contributed by atoms with E-state index in [9.17, 15) is 9.59 Å². The van der Waals surface area contributed by atoms with Gasteiger partial charge in [-0.25, -0.2) is 9.37 Å². The second-order valence-electron chi connectivity index (χ2n) is 14.2. The summed E-state index contributed by atoms with van der Waals surface area (Å²) in [5, 5.41) is 3.69. The number of anilines is 1. The van der Waals surface area contributed by atoms with Gasteiger partial charge in [0, 0.05) is 64.6 Å². The number of benzene rings is 3. The fourth-order valence-corrected chi connectivity index (χ4v) is 9.16. The second kappa shape index (κ2) is 10.9. The summed E-state index contributed by atoms with van der Waals surface area (Å²) in [4.78, 5) is 35.5. The van der Waals surface area contributed by atoms with Gasteiger partial charge < -0.3 is 14.6 Å². The van der Waals surface area contributed by atoms with Gasteiger partial charge in [-0.3, -0.25) is 14.5 Å². The molecule has 47 heavy (non-hydrogen) atoms. The van der Waals surface area contributed by atoms with E-state index in [-0.39, 0.29) is 41.5 Å². The molecule has 2 saturated heterocycles. The summed E-state index contributed by atoms with van der Waals surface area (Å²) in [6.45, 7) is 4.69. The molecule has 5 aliphatic rings. The number of nitrogens with one attached hydrogen (secondary N) is 1. The first-order valence-corrected chi connectivity index (χ1v) is 16.9. The van der Waals surface area contributed by atoms with Gasteiger partial charge in [-0.1, -0.05) is 55.8 Å². The van der Waals surface area contributed by atoms with E-state index < -0.39 is 17.3 Å². The molecule has 3 aromatic carbocycles. The molecule has 1 spiro atoms. The number of fused-ring (bicyclic) bond motifs is 7. The average Bonchev–Trinajstić information content (AvgIpc) is 3.61. The van der Waals surface area contributed by atoms with Gasteiger partial charge in [0.1, 0.15) is 17.2 Å². The van der Waals surface area contributed by atoms with Crippen LogP contribution in [0.25, 0.3) is 11.0 Å². The Morgan fingerprint density at radius 3 is 2.66 bits per heavy atom. The van der Waals surface area contributed by atoms with Crippen molar-refractivity contribution in [1.29, 1.82) is 0 Å². The molecule has 9 rings (SSSR count). The molecule has 0 unspecified atom stereocenters. The van der Waals surface area contributed by atoms with Crippen molar-refractivity contribution in [3.8, 4) is 0 Å². The van der Waals surface area contributed by atoms with Crippen LogP contribution in [0.15, 0.2) is 54.6 Å². The lowest BCUT2D eigenvalue weighted by Crippen LogP contribution is -2.53. The predicted octanol–water partition coefficient (Wildman–Crippen LogP) is 7.94. The predicted molar refractivity (Wildman–Crippen MR) is 181 cm³/mol. The highest BCUT2D eigenvalue weighted by Crippen LogP contribution is 2.64. The number of rotatable bonds is 6. The smallest absolute Gasteiger partial charge is 0.250 e. The molecule has 3 fully saturated rings. The molecule has 1 aliphatic carbocycles. The minimum atomic E-state index is -1.18. The lowest BCUT2D eigenvalue weighted by Gasteiger charge is -2.40. The minimum absolute atomic E-state index is 0. The number of hydrogen-bond acceptors (Lipinski definition) is 5. The number of carbonyl (C=O) groups excluding carboxylic acids is 2. The molecule has 7 nitrogen and oxygen atoms in total. The van der Waals surface area contributed by atoms with Crippen molar-refractivity contribution in [2.45, 2.75) is 70.0 Å². The summed E-state index contributed by atoms with van der Waals surface area (Å²) < 4.78 is 23.9. The van der Waals surface area contributed by atoms with E-state index in [1.54, 1.807) is 24.3 Å². The maximum atomic E-state index is 16.3. The highest BCUT2D eigenvalue weighted by atomic mass is 35.5. The van der Waals surface area contributed by atoms with E-state index in [2.05, 4.69) is 21.7 Å². The Balaban J connectivity index is 0.00000324. The van der Waals surface area contributed by atoms with Gasteiger partial charge in [-0.15, -0.1) is 0 Å². The van der Waals surface area contributed by atoms with Gasteiger partial charge in [-0.05, 0) is 67.1 Å². The van der Waals surface area contributed by atoms with Crippen LogP contribution < -0.4 is 5.32 Å². The SMILES string of the molecule is C.CC1(CC(=O)c2ccc3c(c2)nc2n3CC[C@H]3[C@@H]2[C@H](c2cccc(Cl)c2F)[C@]2(C(=O)Nc4cc(Cl)ccc42)N3CC2CC2)COC1. The zero-order valence-electron chi connectivity index (χ0n) is 25.4. The highest BCUT2D eigenvalue weighted by Gasteiger charge is 2.69. The molecule has 0 bridgehead atoms. The Labute approximate surface area is 283 Å². The maximum absolute atomic E-state index is 16.3. The number of aryl methyl sites for hydroxylation is 1. The number of aromatic nitrogens is 2. The molecule has 244 valence electrons. The normalized spacial score (nSPS) is 27.1. The summed E-state index contributed by atoms with van der Waals surface area (Å²) in [7, 11) is 0. The minimum Gasteiger partial charge on any atom is -0.380 e. The van der Waals surface area contributed by atoms with Crippen LogP contribution in [0.3, 0.4) is 0 Å². The van der Waals surface area contributed by atoms with Crippen molar-refractivity contribution in [1.82, 2.24) is 14.5 Å². The number of halogens is 3. The molecule has 0 radical (unpaired) electrons. The number of ether oxygens (including phenoxy) is 1. The molecule has 4 aliphatic heterocycles. The Morgan fingerprint density at radius 2 is 1.91 bits per heavy atom. The molecular formula is C37H37Cl2FN4O3. The number of nitrogens with zero attached hydrogens (tertiary/aromatic N) is 3. The fraction of sp³-hybridized carbons (Fsp3) is 0.432. The van der Waals surface area contributed by atoms with Gasteiger partial charge in [0.15, 0.2) is 5.78 Å². The highest BCUT2D eigenvalue weighted by molar-refractivity contribution is 6.31. The zero-order valence-corrected chi connectivity index (χ0v) is 26.9. The summed E-state index contributed by atoms with van der Waals surface area (Å²) >= 11 is 12.9. The van der Waals surface area contributed by atoms with Crippen molar-refractivity contribution in [3.63, 3.8) is 0 Å². The van der Waals surface area contributed by atoms with Crippen molar-refractivity contribution in [2.24, 2.45) is 11.3 Å². The number of carbonyl (C=O) groups is 2. The van der Waals surface area contributed by atoms with Crippen LogP contribution in [-0.2, 0) is 21.6 Å². The molecule has 1 saturated carbocycles. The monoisotopic (exact) mass is 674 g/mol. The van der Waals surface area contributed by atoms with Gasteiger partial charge in [0.2, 0.25) is 5.91 Å². The Morgan fingerprint density at radius 1 is 1.11 bits per heavy atom. The van der Waals surface area contributed by atoms with Crippen LogP contribution in [0.4, 0.5) is 10.1 Å². The van der Waals surface area contributed by atoms with Crippen LogP contribution >= 0.6 is 23.2 Å². The van der Waals surface area contributed by atoms with Gasteiger partial charge in [-0.2, -0.15) is 0 Å². The number of amides is 1. The Hall–Kier alpha value is -3.30. The molecule has 1 amide bonds. The fourth-order valence-electron chi connectivity index (χ4n) is 8.81. The Kier molecular flexibility index (Phi) is 7.16. The standard InChI is InChI=1S/C36H33Cl2FN4O3.CH4/c1-35(17-46-18-35)15-29(44)20-7-10-27-26(13-20)40-33-30-28(11-12-42(27)33)43(16-19-5-6-19)36(31(30)22-3-2-4-24(38)32(22)39)23-9-8-21(37)14-25(23)41-34(36)45;/h2-4,7-10,13-14,19,28,30-31H,5-6,11-12,15-18H2,1H3,(H,41,45);1H4/t28-,30+,31-,36+;/m0./s1. The molecule has 4 atom stereocenters. The third-order valence-electron chi connectivity index (χ3n) is 11.1.